The minimum Gasteiger partial charge on any atom is -0.435 e. The molecular formula is C22H27F2IN4O2. The van der Waals surface area contributed by atoms with Crippen molar-refractivity contribution in [2.24, 2.45) is 4.99 Å². The molecule has 0 radical (unpaired) electrons. The van der Waals surface area contributed by atoms with E-state index in [1.807, 2.05) is 42.2 Å². The number of ether oxygens (including phenoxy) is 1. The summed E-state index contributed by atoms with van der Waals surface area (Å²) < 4.78 is 29.2. The third-order valence-corrected chi connectivity index (χ3v) is 4.67. The third kappa shape index (κ3) is 7.64. The molecule has 6 nitrogen and oxygen atoms in total. The summed E-state index contributed by atoms with van der Waals surface area (Å²) in [6.45, 7) is 1.47. The molecule has 1 aliphatic heterocycles. The first-order valence-electron chi connectivity index (χ1n) is 10.0. The Morgan fingerprint density at radius 3 is 2.58 bits per heavy atom. The van der Waals surface area contributed by atoms with Gasteiger partial charge in [-0.3, -0.25) is 4.79 Å². The zero-order valence-corrected chi connectivity index (χ0v) is 19.6. The van der Waals surface area contributed by atoms with Gasteiger partial charge < -0.3 is 20.3 Å². The van der Waals surface area contributed by atoms with Crippen LogP contribution in [0.15, 0.2) is 53.5 Å². The second-order valence-corrected chi connectivity index (χ2v) is 6.89. The number of benzene rings is 2. The quantitative estimate of drug-likeness (QED) is 0.296. The monoisotopic (exact) mass is 544 g/mol. The fraction of sp³-hybridized carbons (Fsp3) is 0.364. The van der Waals surface area contributed by atoms with Crippen molar-refractivity contribution in [2.75, 3.05) is 18.0 Å². The number of hydrogen-bond acceptors (Lipinski definition) is 3. The Bertz CT molecular complexity index is 878. The van der Waals surface area contributed by atoms with Crippen molar-refractivity contribution >= 4 is 41.5 Å². The molecule has 0 bridgehead atoms. The second-order valence-electron chi connectivity index (χ2n) is 6.89. The average molecular weight is 544 g/mol. The molecule has 31 heavy (non-hydrogen) atoms. The Kier molecular flexibility index (Phi) is 9.96. The lowest BCUT2D eigenvalue weighted by molar-refractivity contribution is -0.117. The zero-order chi connectivity index (χ0) is 21.3. The molecule has 1 aliphatic rings. The van der Waals surface area contributed by atoms with Crippen molar-refractivity contribution < 1.29 is 18.3 Å². The van der Waals surface area contributed by atoms with Crippen LogP contribution < -0.4 is 20.3 Å². The molecule has 1 saturated heterocycles. The van der Waals surface area contributed by atoms with Crippen molar-refractivity contribution in [1.82, 2.24) is 10.6 Å². The topological polar surface area (TPSA) is 66.0 Å². The molecule has 2 N–H and O–H groups in total. The lowest BCUT2D eigenvalue weighted by Crippen LogP contribution is -2.36. The Morgan fingerprint density at radius 1 is 1.16 bits per heavy atom. The van der Waals surface area contributed by atoms with Gasteiger partial charge >= 0.3 is 6.61 Å². The summed E-state index contributed by atoms with van der Waals surface area (Å²) in [4.78, 5) is 18.2. The summed E-state index contributed by atoms with van der Waals surface area (Å²) >= 11 is 0. The van der Waals surface area contributed by atoms with Crippen LogP contribution in [0, 0.1) is 0 Å². The molecule has 1 amide bonds. The number of alkyl halides is 2. The standard InChI is InChI=1S/C22H26F2N4O2.HI/c1-2-25-22(27-15-17-5-3-6-19(13-17)30-21(23)24)26-14-16-8-10-18(11-9-16)28-12-4-7-20(28)29;/h3,5-6,8-11,13,21H,2,4,7,12,14-15H2,1H3,(H2,25,26,27);1H. The summed E-state index contributed by atoms with van der Waals surface area (Å²) in [5.41, 5.74) is 2.75. The van der Waals surface area contributed by atoms with Crippen LogP contribution in [0.1, 0.15) is 30.9 Å². The zero-order valence-electron chi connectivity index (χ0n) is 17.3. The average Bonchev–Trinajstić information content (AvgIpc) is 3.16. The lowest BCUT2D eigenvalue weighted by atomic mass is 10.2. The number of carbonyl (C=O) groups excluding carboxylic acids is 1. The number of anilines is 1. The molecule has 0 aromatic heterocycles. The maximum atomic E-state index is 12.4. The fourth-order valence-electron chi connectivity index (χ4n) is 3.23. The summed E-state index contributed by atoms with van der Waals surface area (Å²) in [5, 5.41) is 6.43. The SMILES string of the molecule is CCNC(=NCc1cccc(OC(F)F)c1)NCc1ccc(N2CCCC2=O)cc1.I. The van der Waals surface area contributed by atoms with Gasteiger partial charge in [0.05, 0.1) is 6.54 Å². The maximum absolute atomic E-state index is 12.4. The van der Waals surface area contributed by atoms with E-state index < -0.39 is 6.61 Å². The highest BCUT2D eigenvalue weighted by molar-refractivity contribution is 14.0. The molecule has 0 unspecified atom stereocenters. The molecule has 0 saturated carbocycles. The van der Waals surface area contributed by atoms with E-state index in [-0.39, 0.29) is 35.6 Å². The summed E-state index contributed by atoms with van der Waals surface area (Å²) in [6.07, 6.45) is 1.52. The van der Waals surface area contributed by atoms with Crippen molar-refractivity contribution in [3.05, 3.63) is 59.7 Å². The fourth-order valence-corrected chi connectivity index (χ4v) is 3.23. The Morgan fingerprint density at radius 2 is 1.94 bits per heavy atom. The van der Waals surface area contributed by atoms with Crippen LogP contribution in [0.3, 0.4) is 0 Å². The molecule has 0 spiro atoms. The van der Waals surface area contributed by atoms with Gasteiger partial charge in [-0.15, -0.1) is 24.0 Å². The van der Waals surface area contributed by atoms with E-state index in [0.29, 0.717) is 32.0 Å². The van der Waals surface area contributed by atoms with Crippen LogP contribution >= 0.6 is 24.0 Å². The minimum atomic E-state index is -2.85. The molecule has 9 heteroatoms. The number of nitrogens with zero attached hydrogens (tertiary/aromatic N) is 2. The largest absolute Gasteiger partial charge is 0.435 e. The Hall–Kier alpha value is -2.43. The van der Waals surface area contributed by atoms with Gasteiger partial charge in [0.1, 0.15) is 5.75 Å². The minimum absolute atomic E-state index is 0. The molecule has 2 aromatic carbocycles. The number of guanidine groups is 1. The molecule has 1 fully saturated rings. The number of nitrogens with one attached hydrogen (secondary N) is 2. The Labute approximate surface area is 198 Å². The van der Waals surface area contributed by atoms with Gasteiger partial charge in [-0.2, -0.15) is 8.78 Å². The summed E-state index contributed by atoms with van der Waals surface area (Å²) in [5.74, 6) is 0.911. The number of carbonyl (C=O) groups is 1. The van der Waals surface area contributed by atoms with Crippen LogP contribution in [-0.2, 0) is 17.9 Å². The molecular weight excluding hydrogens is 517 g/mol. The smallest absolute Gasteiger partial charge is 0.387 e. The molecule has 2 aromatic rings. The van der Waals surface area contributed by atoms with Crippen molar-refractivity contribution in [2.45, 2.75) is 39.5 Å². The molecule has 3 rings (SSSR count). The predicted molar refractivity (Wildman–Crippen MR) is 128 cm³/mol. The summed E-state index contributed by atoms with van der Waals surface area (Å²) in [7, 11) is 0. The highest BCUT2D eigenvalue weighted by Gasteiger charge is 2.21. The van der Waals surface area contributed by atoms with Crippen molar-refractivity contribution in [1.29, 1.82) is 0 Å². The van der Waals surface area contributed by atoms with Gasteiger partial charge in [0.25, 0.3) is 0 Å². The van der Waals surface area contributed by atoms with E-state index in [1.54, 1.807) is 12.1 Å². The van der Waals surface area contributed by atoms with Gasteiger partial charge in [0.2, 0.25) is 5.91 Å². The number of aliphatic imine (C=N–C) groups is 1. The highest BCUT2D eigenvalue weighted by atomic mass is 127. The number of halogens is 3. The number of amides is 1. The highest BCUT2D eigenvalue weighted by Crippen LogP contribution is 2.21. The van der Waals surface area contributed by atoms with Crippen LogP contribution in [0.4, 0.5) is 14.5 Å². The molecule has 0 atom stereocenters. The van der Waals surface area contributed by atoms with Crippen LogP contribution in [0.2, 0.25) is 0 Å². The predicted octanol–water partition coefficient (Wildman–Crippen LogP) is 4.29. The number of rotatable bonds is 8. The van der Waals surface area contributed by atoms with Crippen molar-refractivity contribution in [3.63, 3.8) is 0 Å². The normalized spacial score (nSPS) is 13.9. The summed E-state index contributed by atoms with van der Waals surface area (Å²) in [6, 6.07) is 14.4. The lowest BCUT2D eigenvalue weighted by Gasteiger charge is -2.16. The van der Waals surface area contributed by atoms with Crippen molar-refractivity contribution in [3.8, 4) is 5.75 Å². The van der Waals surface area contributed by atoms with E-state index in [4.69, 9.17) is 0 Å². The van der Waals surface area contributed by atoms with E-state index in [1.165, 1.54) is 6.07 Å². The van der Waals surface area contributed by atoms with Gasteiger partial charge in [-0.05, 0) is 48.7 Å². The van der Waals surface area contributed by atoms with E-state index in [9.17, 15) is 13.6 Å². The van der Waals surface area contributed by atoms with Gasteiger partial charge in [-0.1, -0.05) is 24.3 Å². The number of hydrogen-bond donors (Lipinski definition) is 2. The van der Waals surface area contributed by atoms with E-state index >= 15 is 0 Å². The van der Waals surface area contributed by atoms with E-state index in [2.05, 4.69) is 20.4 Å². The molecule has 168 valence electrons. The Balaban J connectivity index is 0.00000341. The molecule has 0 aliphatic carbocycles. The van der Waals surface area contributed by atoms with Crippen LogP contribution in [0.25, 0.3) is 0 Å². The van der Waals surface area contributed by atoms with Crippen LogP contribution in [0.5, 0.6) is 5.75 Å². The molecule has 1 heterocycles. The van der Waals surface area contributed by atoms with Gasteiger partial charge in [0.15, 0.2) is 5.96 Å². The van der Waals surface area contributed by atoms with E-state index in [0.717, 1.165) is 29.8 Å². The first kappa shape index (κ1) is 24.8. The third-order valence-electron chi connectivity index (χ3n) is 4.67. The van der Waals surface area contributed by atoms with Gasteiger partial charge in [-0.25, -0.2) is 4.99 Å². The first-order valence-corrected chi connectivity index (χ1v) is 10.0. The first-order chi connectivity index (χ1) is 14.5. The second kappa shape index (κ2) is 12.4. The maximum Gasteiger partial charge on any atom is 0.387 e. The van der Waals surface area contributed by atoms with Gasteiger partial charge in [0, 0.05) is 31.7 Å². The van der Waals surface area contributed by atoms with Crippen LogP contribution in [-0.4, -0.2) is 31.6 Å².